The van der Waals surface area contributed by atoms with Gasteiger partial charge in [0.2, 0.25) is 5.91 Å². The molecule has 4 heteroatoms. The van der Waals surface area contributed by atoms with Gasteiger partial charge in [-0.2, -0.15) is 0 Å². The highest BCUT2D eigenvalue weighted by atomic mass is 79.9. The molecule has 1 unspecified atom stereocenters. The van der Waals surface area contributed by atoms with Gasteiger partial charge in [0, 0.05) is 5.57 Å². The second-order valence-corrected chi connectivity index (χ2v) is 4.20. The number of carbonyl (C=O) groups is 2. The van der Waals surface area contributed by atoms with E-state index in [2.05, 4.69) is 15.9 Å². The average Bonchev–Trinajstić information content (AvgIpc) is 2.36. The molecule has 0 saturated carbocycles. The van der Waals surface area contributed by atoms with E-state index in [-0.39, 0.29) is 17.3 Å². The Kier molecular flexibility index (Phi) is 2.10. The molecule has 0 aromatic rings. The lowest BCUT2D eigenvalue weighted by atomic mass is 9.78. The van der Waals surface area contributed by atoms with E-state index in [1.54, 1.807) is 6.08 Å². The zero-order valence-electron chi connectivity index (χ0n) is 7.79. The molecule has 0 aromatic carbocycles. The van der Waals surface area contributed by atoms with E-state index in [0.717, 1.165) is 0 Å². The molecule has 1 saturated heterocycles. The van der Waals surface area contributed by atoms with Crippen LogP contribution in [0.3, 0.4) is 0 Å². The van der Waals surface area contributed by atoms with Gasteiger partial charge in [-0.25, -0.2) is 0 Å². The number of fused-ring (bicyclic) bond motifs is 1. The van der Waals surface area contributed by atoms with Gasteiger partial charge in [-0.15, -0.1) is 0 Å². The van der Waals surface area contributed by atoms with Crippen molar-refractivity contribution < 1.29 is 9.59 Å². The van der Waals surface area contributed by atoms with Crippen LogP contribution < -0.4 is 0 Å². The zero-order chi connectivity index (χ0) is 10.3. The van der Waals surface area contributed by atoms with Crippen molar-refractivity contribution in [2.24, 2.45) is 5.41 Å². The highest BCUT2D eigenvalue weighted by Crippen LogP contribution is 2.42. The Morgan fingerprint density at radius 1 is 1.57 bits per heavy atom. The summed E-state index contributed by atoms with van der Waals surface area (Å²) in [4.78, 5) is 24.9. The average molecular weight is 256 g/mol. The van der Waals surface area contributed by atoms with Gasteiger partial charge < -0.3 is 0 Å². The van der Waals surface area contributed by atoms with E-state index in [9.17, 15) is 9.59 Å². The Morgan fingerprint density at radius 2 is 2.29 bits per heavy atom. The number of amides is 2. The lowest BCUT2D eigenvalue weighted by Gasteiger charge is -2.22. The van der Waals surface area contributed by atoms with Gasteiger partial charge >= 0.3 is 0 Å². The minimum absolute atomic E-state index is 0.102. The molecule has 1 aliphatic carbocycles. The Morgan fingerprint density at radius 3 is 2.86 bits per heavy atom. The van der Waals surface area contributed by atoms with Gasteiger partial charge in [-0.3, -0.25) is 14.5 Å². The second-order valence-electron chi connectivity index (χ2n) is 3.70. The summed E-state index contributed by atoms with van der Waals surface area (Å²) < 4.78 is 0. The lowest BCUT2D eigenvalue weighted by molar-refractivity contribution is -0.139. The molecule has 0 spiro atoms. The predicted octanol–water partition coefficient (Wildman–Crippen LogP) is 1.60. The van der Waals surface area contributed by atoms with E-state index >= 15 is 0 Å². The molecular formula is C10H10BrNO2. The van der Waals surface area contributed by atoms with Crippen LogP contribution in [0.2, 0.25) is 0 Å². The third-order valence-corrected chi connectivity index (χ3v) is 3.33. The maximum atomic E-state index is 11.9. The van der Waals surface area contributed by atoms with Gasteiger partial charge in [-0.05, 0) is 13.3 Å². The molecule has 2 rings (SSSR count). The van der Waals surface area contributed by atoms with Crippen LogP contribution in [0.5, 0.6) is 0 Å². The standard InChI is InChI=1S/C10H10BrNO2/c1-10-5-3-2-4-7(10)8(13)12(6-11)9(10)14/h2-4H,5-6H2,1H3. The number of carbonyl (C=O) groups excluding carboxylic acids is 2. The minimum atomic E-state index is -0.625. The Hall–Kier alpha value is -0.900. The quantitative estimate of drug-likeness (QED) is 0.406. The molecule has 0 aromatic heterocycles. The first kappa shape index (κ1) is 9.65. The molecule has 0 bridgehead atoms. The fourth-order valence-electron chi connectivity index (χ4n) is 1.92. The summed E-state index contributed by atoms with van der Waals surface area (Å²) in [5.74, 6) is -0.270. The van der Waals surface area contributed by atoms with Gasteiger partial charge in [0.05, 0.1) is 10.9 Å². The highest BCUT2D eigenvalue weighted by molar-refractivity contribution is 9.09. The van der Waals surface area contributed by atoms with Crippen LogP contribution >= 0.6 is 15.9 Å². The molecular weight excluding hydrogens is 246 g/mol. The molecule has 2 amide bonds. The molecule has 1 atom stereocenters. The van der Waals surface area contributed by atoms with Crippen molar-refractivity contribution >= 4 is 27.7 Å². The third kappa shape index (κ3) is 1.03. The number of rotatable bonds is 1. The number of likely N-dealkylation sites (tertiary alicyclic amines) is 1. The maximum Gasteiger partial charge on any atom is 0.258 e. The van der Waals surface area contributed by atoms with Crippen LogP contribution in [0.1, 0.15) is 13.3 Å². The number of halogens is 1. The van der Waals surface area contributed by atoms with Crippen molar-refractivity contribution in [1.29, 1.82) is 0 Å². The van der Waals surface area contributed by atoms with Crippen LogP contribution in [0.25, 0.3) is 0 Å². The summed E-state index contributed by atoms with van der Waals surface area (Å²) in [5, 5.41) is 0. The van der Waals surface area contributed by atoms with Crippen LogP contribution in [0.4, 0.5) is 0 Å². The molecule has 1 heterocycles. The number of hydrogen-bond donors (Lipinski definition) is 0. The first-order valence-corrected chi connectivity index (χ1v) is 5.53. The SMILES string of the molecule is CC12CC=CC=C1C(=O)N(CBr)C2=O. The third-order valence-electron chi connectivity index (χ3n) is 2.83. The maximum absolute atomic E-state index is 11.9. The fourth-order valence-corrected chi connectivity index (χ4v) is 2.37. The van der Waals surface area contributed by atoms with Crippen molar-refractivity contribution in [3.05, 3.63) is 23.8 Å². The van der Waals surface area contributed by atoms with Crippen molar-refractivity contribution in [2.45, 2.75) is 13.3 Å². The van der Waals surface area contributed by atoms with Gasteiger partial charge in [-0.1, -0.05) is 34.2 Å². The van der Waals surface area contributed by atoms with Crippen LogP contribution in [-0.2, 0) is 9.59 Å². The van der Waals surface area contributed by atoms with Gasteiger partial charge in [0.15, 0.2) is 0 Å². The fraction of sp³-hybridized carbons (Fsp3) is 0.400. The van der Waals surface area contributed by atoms with E-state index in [4.69, 9.17) is 0 Å². The first-order valence-electron chi connectivity index (χ1n) is 4.41. The van der Waals surface area contributed by atoms with Crippen molar-refractivity contribution in [1.82, 2.24) is 4.90 Å². The predicted molar refractivity (Wildman–Crippen MR) is 55.6 cm³/mol. The smallest absolute Gasteiger partial charge is 0.258 e. The molecule has 0 N–H and O–H groups in total. The summed E-state index contributed by atoms with van der Waals surface area (Å²) in [6.07, 6.45) is 6.12. The van der Waals surface area contributed by atoms with Gasteiger partial charge in [0.25, 0.3) is 5.91 Å². The van der Waals surface area contributed by atoms with E-state index in [1.807, 2.05) is 19.1 Å². The Bertz CT molecular complexity index is 372. The summed E-state index contributed by atoms with van der Waals surface area (Å²) in [5.41, 5.74) is 0.265. The summed E-state index contributed by atoms with van der Waals surface area (Å²) >= 11 is 3.15. The number of alkyl halides is 1. The normalized spacial score (nSPS) is 30.7. The van der Waals surface area contributed by atoms with Crippen LogP contribution in [0, 0.1) is 5.41 Å². The molecule has 0 radical (unpaired) electrons. The van der Waals surface area contributed by atoms with E-state index in [1.165, 1.54) is 4.90 Å². The van der Waals surface area contributed by atoms with E-state index in [0.29, 0.717) is 12.0 Å². The Balaban J connectivity index is 2.50. The monoisotopic (exact) mass is 255 g/mol. The van der Waals surface area contributed by atoms with E-state index < -0.39 is 5.41 Å². The topological polar surface area (TPSA) is 37.4 Å². The lowest BCUT2D eigenvalue weighted by Crippen LogP contribution is -2.33. The minimum Gasteiger partial charge on any atom is -0.273 e. The first-order chi connectivity index (χ1) is 6.61. The number of allylic oxidation sites excluding steroid dienone is 3. The highest BCUT2D eigenvalue weighted by Gasteiger charge is 2.51. The number of nitrogens with zero attached hydrogens (tertiary/aromatic N) is 1. The summed E-state index contributed by atoms with van der Waals surface area (Å²) in [7, 11) is 0. The Labute approximate surface area is 90.6 Å². The van der Waals surface area contributed by atoms with Gasteiger partial charge in [0.1, 0.15) is 0 Å². The van der Waals surface area contributed by atoms with Crippen LogP contribution in [0.15, 0.2) is 23.8 Å². The van der Waals surface area contributed by atoms with Crippen LogP contribution in [-0.4, -0.2) is 22.2 Å². The number of imide groups is 1. The van der Waals surface area contributed by atoms with Crippen molar-refractivity contribution in [2.75, 3.05) is 5.45 Å². The molecule has 1 aliphatic heterocycles. The molecule has 1 fully saturated rings. The number of hydrogen-bond acceptors (Lipinski definition) is 2. The molecule has 3 nitrogen and oxygen atoms in total. The molecule has 2 aliphatic rings. The molecule has 74 valence electrons. The van der Waals surface area contributed by atoms with Crippen molar-refractivity contribution in [3.8, 4) is 0 Å². The van der Waals surface area contributed by atoms with Crippen molar-refractivity contribution in [3.63, 3.8) is 0 Å². The molecule has 14 heavy (non-hydrogen) atoms. The summed E-state index contributed by atoms with van der Waals surface area (Å²) in [6, 6.07) is 0. The second kappa shape index (κ2) is 3.05. The zero-order valence-corrected chi connectivity index (χ0v) is 9.37. The summed E-state index contributed by atoms with van der Waals surface area (Å²) in [6.45, 7) is 1.82. The largest absolute Gasteiger partial charge is 0.273 e.